The van der Waals surface area contributed by atoms with Gasteiger partial charge in [0.1, 0.15) is 0 Å². The van der Waals surface area contributed by atoms with E-state index in [2.05, 4.69) is 0 Å². The molecule has 1 aromatic carbocycles. The Morgan fingerprint density at radius 1 is 1.30 bits per heavy atom. The smallest absolute Gasteiger partial charge is 0.278 e. The molecule has 0 saturated carbocycles. The van der Waals surface area contributed by atoms with Gasteiger partial charge < -0.3 is 0 Å². The van der Waals surface area contributed by atoms with Crippen LogP contribution in [0.4, 0.5) is 0 Å². The Bertz CT molecular complexity index is 251. The third-order valence-corrected chi connectivity index (χ3v) is 1.53. The van der Waals surface area contributed by atoms with Gasteiger partial charge in [0.2, 0.25) is 0 Å². The van der Waals surface area contributed by atoms with Crippen LogP contribution in [0.15, 0.2) is 24.3 Å². The van der Waals surface area contributed by atoms with Crippen LogP contribution in [0, 0.1) is 6.92 Å². The molecular weight excluding hydrogens is 124 g/mol. The summed E-state index contributed by atoms with van der Waals surface area (Å²) >= 11 is 0. The molecule has 0 fully saturated rings. The monoisotopic (exact) mass is 135 g/mol. The van der Waals surface area contributed by atoms with Crippen LogP contribution in [-0.2, 0) is 0 Å². The van der Waals surface area contributed by atoms with E-state index in [9.17, 15) is 0 Å². The number of hydrogen-bond donors (Lipinski definition) is 0. The highest BCUT2D eigenvalue weighted by Gasteiger charge is 2.05. The molecule has 1 rings (SSSR count). The van der Waals surface area contributed by atoms with Crippen LogP contribution in [0.5, 0.6) is 0 Å². The third-order valence-electron chi connectivity index (χ3n) is 1.53. The zero-order chi connectivity index (χ0) is 7.56. The maximum atomic E-state index is 9.12. The first-order valence-corrected chi connectivity index (χ1v) is 3.30. The fourth-order valence-corrected chi connectivity index (χ4v) is 0.979. The van der Waals surface area contributed by atoms with E-state index in [-0.39, 0.29) is 0 Å². The molecule has 1 heteroatoms. The molecule has 0 aromatic heterocycles. The number of ketones is 1. The molecule has 0 spiro atoms. The third kappa shape index (κ3) is 1.24. The molecule has 10 heavy (non-hydrogen) atoms. The predicted octanol–water partition coefficient (Wildman–Crippen LogP) is 1.91. The summed E-state index contributed by atoms with van der Waals surface area (Å²) in [7, 11) is 0. The van der Waals surface area contributed by atoms with Gasteiger partial charge in [-0.3, -0.25) is 4.79 Å². The average molecular weight is 135 g/mol. The minimum atomic E-state index is 0.387. The average Bonchev–Trinajstić information content (AvgIpc) is 1.88. The first-order valence-electron chi connectivity index (χ1n) is 3.30. The Balaban J connectivity index is 3.15. The zero-order valence-corrected chi connectivity index (χ0v) is 6.26. The fraction of sp³-hybridized carbons (Fsp3) is 0.222. The standard InChI is InChI=1S/C9H10O/c1-7-5-3-4-6-9(7)8(2)10/h3-6H,1-2H3/p+1. The van der Waals surface area contributed by atoms with Crippen molar-refractivity contribution >= 4 is 5.78 Å². The van der Waals surface area contributed by atoms with E-state index in [1.165, 1.54) is 0 Å². The number of aryl methyl sites for hydroxylation is 1. The van der Waals surface area contributed by atoms with Crippen LogP contribution in [0.1, 0.15) is 18.1 Å². The molecule has 0 bridgehead atoms. The number of hydrogen-bond acceptors (Lipinski definition) is 0. The number of carbonyl (C=O) groups excluding carboxylic acids is 1. The van der Waals surface area contributed by atoms with Crippen LogP contribution in [-0.4, -0.2) is 10.6 Å². The van der Waals surface area contributed by atoms with Gasteiger partial charge in [-0.05, 0) is 18.6 Å². The van der Waals surface area contributed by atoms with E-state index < -0.39 is 0 Å². The van der Waals surface area contributed by atoms with Gasteiger partial charge in [-0.1, -0.05) is 18.2 Å². The molecule has 1 aromatic rings. The van der Waals surface area contributed by atoms with Crippen LogP contribution in [0.25, 0.3) is 0 Å². The Hall–Kier alpha value is -1.11. The second kappa shape index (κ2) is 2.65. The lowest BCUT2D eigenvalue weighted by Crippen LogP contribution is -1.95. The molecule has 0 heterocycles. The molecular formula is C9H11O+. The van der Waals surface area contributed by atoms with Gasteiger partial charge in [-0.2, -0.15) is 0 Å². The fourth-order valence-electron chi connectivity index (χ4n) is 0.979. The van der Waals surface area contributed by atoms with E-state index in [1.807, 2.05) is 31.2 Å². The molecule has 0 saturated heterocycles. The van der Waals surface area contributed by atoms with Gasteiger partial charge in [0.05, 0.1) is 12.5 Å². The Labute approximate surface area is 60.7 Å². The Kier molecular flexibility index (Phi) is 1.86. The van der Waals surface area contributed by atoms with Gasteiger partial charge in [-0.15, -0.1) is 0 Å². The van der Waals surface area contributed by atoms with E-state index in [1.54, 1.807) is 6.92 Å². The van der Waals surface area contributed by atoms with Crippen molar-refractivity contribution in [1.29, 1.82) is 0 Å². The van der Waals surface area contributed by atoms with Crippen molar-refractivity contribution in [2.75, 3.05) is 0 Å². The minimum absolute atomic E-state index is 0.387. The summed E-state index contributed by atoms with van der Waals surface area (Å²) in [4.78, 5) is 9.12. The van der Waals surface area contributed by atoms with Crippen molar-refractivity contribution in [3.63, 3.8) is 0 Å². The lowest BCUT2D eigenvalue weighted by atomic mass is 10.1. The largest absolute Gasteiger partial charge is 0.320 e. The Morgan fingerprint density at radius 2 is 1.90 bits per heavy atom. The minimum Gasteiger partial charge on any atom is -0.278 e. The molecule has 0 radical (unpaired) electrons. The van der Waals surface area contributed by atoms with E-state index in [0.717, 1.165) is 11.1 Å². The summed E-state index contributed by atoms with van der Waals surface area (Å²) in [5, 5.41) is 0. The highest BCUT2D eigenvalue weighted by molar-refractivity contribution is 5.96. The SMILES string of the molecule is CC(=[OH+])c1ccccc1C. The van der Waals surface area contributed by atoms with E-state index in [0.29, 0.717) is 5.78 Å². The van der Waals surface area contributed by atoms with Crippen LogP contribution in [0.3, 0.4) is 0 Å². The predicted molar refractivity (Wildman–Crippen MR) is 42.9 cm³/mol. The molecule has 0 amide bonds. The summed E-state index contributed by atoms with van der Waals surface area (Å²) in [6, 6.07) is 7.77. The van der Waals surface area contributed by atoms with Gasteiger partial charge in [0.15, 0.2) is 0 Å². The van der Waals surface area contributed by atoms with Gasteiger partial charge in [-0.25, -0.2) is 0 Å². The lowest BCUT2D eigenvalue weighted by Gasteiger charge is -1.93. The van der Waals surface area contributed by atoms with Crippen molar-refractivity contribution in [3.05, 3.63) is 35.4 Å². The van der Waals surface area contributed by atoms with E-state index >= 15 is 0 Å². The van der Waals surface area contributed by atoms with E-state index in [4.69, 9.17) is 4.79 Å². The van der Waals surface area contributed by atoms with Gasteiger partial charge in [0, 0.05) is 0 Å². The summed E-state index contributed by atoms with van der Waals surface area (Å²) in [5.74, 6) is 0.387. The maximum Gasteiger partial charge on any atom is 0.320 e. The lowest BCUT2D eigenvalue weighted by molar-refractivity contribution is 0.674. The van der Waals surface area contributed by atoms with Crippen molar-refractivity contribution in [3.8, 4) is 0 Å². The highest BCUT2D eigenvalue weighted by atomic mass is 16.1. The van der Waals surface area contributed by atoms with Crippen molar-refractivity contribution in [2.45, 2.75) is 13.8 Å². The first kappa shape index (κ1) is 7.00. The topological polar surface area (TPSA) is 21.4 Å². The quantitative estimate of drug-likeness (QED) is 0.414. The van der Waals surface area contributed by atoms with Crippen molar-refractivity contribution in [1.82, 2.24) is 0 Å². The molecule has 0 atom stereocenters. The Morgan fingerprint density at radius 3 is 2.30 bits per heavy atom. The molecule has 0 unspecified atom stereocenters. The second-order valence-corrected chi connectivity index (χ2v) is 2.40. The van der Waals surface area contributed by atoms with Crippen LogP contribution < -0.4 is 0 Å². The van der Waals surface area contributed by atoms with Crippen molar-refractivity contribution < 1.29 is 4.79 Å². The van der Waals surface area contributed by atoms with Gasteiger partial charge >= 0.3 is 5.78 Å². The molecule has 52 valence electrons. The van der Waals surface area contributed by atoms with Crippen LogP contribution >= 0.6 is 0 Å². The van der Waals surface area contributed by atoms with Gasteiger partial charge in [0.25, 0.3) is 0 Å². The van der Waals surface area contributed by atoms with Crippen LogP contribution in [0.2, 0.25) is 0 Å². The zero-order valence-electron chi connectivity index (χ0n) is 6.26. The summed E-state index contributed by atoms with van der Waals surface area (Å²) in [5.41, 5.74) is 2.05. The van der Waals surface area contributed by atoms with Crippen molar-refractivity contribution in [2.24, 2.45) is 0 Å². The second-order valence-electron chi connectivity index (χ2n) is 2.40. The molecule has 1 N–H and O–H groups in total. The number of benzene rings is 1. The summed E-state index contributed by atoms with van der Waals surface area (Å²) in [6.45, 7) is 3.68. The summed E-state index contributed by atoms with van der Waals surface area (Å²) in [6.07, 6.45) is 0. The first-order chi connectivity index (χ1) is 4.72. The maximum absolute atomic E-state index is 9.12. The molecule has 0 aliphatic rings. The summed E-state index contributed by atoms with van der Waals surface area (Å²) < 4.78 is 0. The molecule has 0 aliphatic heterocycles. The number of rotatable bonds is 1. The molecule has 1 nitrogen and oxygen atoms in total. The highest BCUT2D eigenvalue weighted by Crippen LogP contribution is 2.05. The molecule has 0 aliphatic carbocycles. The normalized spacial score (nSPS) is 9.40.